The molecule has 1 saturated heterocycles. The lowest BCUT2D eigenvalue weighted by molar-refractivity contribution is 0.0938. The Kier molecular flexibility index (Phi) is 5.84. The van der Waals surface area contributed by atoms with Crippen LogP contribution >= 0.6 is 0 Å². The van der Waals surface area contributed by atoms with E-state index in [0.717, 1.165) is 30.8 Å². The van der Waals surface area contributed by atoms with Gasteiger partial charge in [0.2, 0.25) is 0 Å². The van der Waals surface area contributed by atoms with Crippen molar-refractivity contribution in [2.75, 3.05) is 13.1 Å². The molecule has 2 atom stereocenters. The molecule has 1 heterocycles. The van der Waals surface area contributed by atoms with Crippen molar-refractivity contribution in [2.24, 2.45) is 0 Å². The van der Waals surface area contributed by atoms with E-state index in [1.807, 2.05) is 6.07 Å². The van der Waals surface area contributed by atoms with E-state index in [2.05, 4.69) is 16.2 Å². The molecule has 3 rings (SSSR count). The maximum Gasteiger partial charge on any atom is 0.251 e. The first-order valence-electron chi connectivity index (χ1n) is 8.91. The van der Waals surface area contributed by atoms with E-state index in [0.29, 0.717) is 11.1 Å². The summed E-state index contributed by atoms with van der Waals surface area (Å²) in [6, 6.07) is 7.89. The zero-order chi connectivity index (χ0) is 19.6. The first-order valence-corrected chi connectivity index (χ1v) is 8.91. The number of rotatable bonds is 5. The number of hydrogen-bond donors (Lipinski definition) is 4. The number of nitrogens with one attached hydrogen (secondary N) is 3. The van der Waals surface area contributed by atoms with Crippen LogP contribution in [0.4, 0.5) is 8.78 Å². The van der Waals surface area contributed by atoms with Gasteiger partial charge in [0.05, 0.1) is 12.1 Å². The number of benzene rings is 2. The standard InChI is InChI=1S/C20H23F2N3O2/c1-11(19-17(21)4-3-5-18(19)22)25-20(27)13-6-7-15(14-9-23-24-10-14)16(8-13)12(2)26/h3-8,11-12,14,23-24,26H,9-10H2,1-2H3,(H,25,27). The van der Waals surface area contributed by atoms with Gasteiger partial charge in [0, 0.05) is 30.1 Å². The molecule has 0 radical (unpaired) electrons. The molecule has 2 unspecified atom stereocenters. The quantitative estimate of drug-likeness (QED) is 0.648. The summed E-state index contributed by atoms with van der Waals surface area (Å²) in [6.45, 7) is 4.64. The molecule has 27 heavy (non-hydrogen) atoms. The van der Waals surface area contributed by atoms with E-state index in [-0.39, 0.29) is 11.5 Å². The number of carbonyl (C=O) groups is 1. The van der Waals surface area contributed by atoms with E-state index < -0.39 is 29.7 Å². The maximum absolute atomic E-state index is 13.9. The van der Waals surface area contributed by atoms with Crippen LogP contribution in [0.3, 0.4) is 0 Å². The normalized spacial score (nSPS) is 16.9. The molecular weight excluding hydrogens is 352 g/mol. The summed E-state index contributed by atoms with van der Waals surface area (Å²) in [5.41, 5.74) is 7.88. The van der Waals surface area contributed by atoms with Gasteiger partial charge in [-0.05, 0) is 49.2 Å². The number of aliphatic hydroxyl groups excluding tert-OH is 1. The van der Waals surface area contributed by atoms with Crippen LogP contribution in [0.5, 0.6) is 0 Å². The van der Waals surface area contributed by atoms with Gasteiger partial charge in [0.1, 0.15) is 11.6 Å². The Morgan fingerprint density at radius 3 is 2.37 bits per heavy atom. The van der Waals surface area contributed by atoms with Crippen molar-refractivity contribution in [3.05, 3.63) is 70.3 Å². The van der Waals surface area contributed by atoms with E-state index >= 15 is 0 Å². The van der Waals surface area contributed by atoms with Gasteiger partial charge in [-0.15, -0.1) is 0 Å². The predicted octanol–water partition coefficient (Wildman–Crippen LogP) is 2.70. The lowest BCUT2D eigenvalue weighted by Crippen LogP contribution is -2.28. The minimum Gasteiger partial charge on any atom is -0.389 e. The minimum atomic E-state index is -0.836. The molecule has 1 aliphatic heterocycles. The highest BCUT2D eigenvalue weighted by Crippen LogP contribution is 2.28. The highest BCUT2D eigenvalue weighted by Gasteiger charge is 2.23. The molecule has 7 heteroatoms. The summed E-state index contributed by atoms with van der Waals surface area (Å²) in [4.78, 5) is 12.6. The Bertz CT molecular complexity index is 816. The Balaban J connectivity index is 1.83. The van der Waals surface area contributed by atoms with Crippen molar-refractivity contribution in [2.45, 2.75) is 31.9 Å². The van der Waals surface area contributed by atoms with Crippen molar-refractivity contribution < 1.29 is 18.7 Å². The van der Waals surface area contributed by atoms with Gasteiger partial charge >= 0.3 is 0 Å². The Morgan fingerprint density at radius 1 is 1.15 bits per heavy atom. The zero-order valence-corrected chi connectivity index (χ0v) is 15.2. The number of halogens is 2. The fourth-order valence-corrected chi connectivity index (χ4v) is 3.41. The van der Waals surface area contributed by atoms with Crippen LogP contribution in [0.1, 0.15) is 59.0 Å². The smallest absolute Gasteiger partial charge is 0.251 e. The third-order valence-electron chi connectivity index (χ3n) is 4.84. The first-order chi connectivity index (χ1) is 12.9. The molecule has 0 aromatic heterocycles. The molecule has 5 nitrogen and oxygen atoms in total. The van der Waals surface area contributed by atoms with Crippen LogP contribution in [0.2, 0.25) is 0 Å². The summed E-state index contributed by atoms with van der Waals surface area (Å²) in [5, 5.41) is 12.8. The summed E-state index contributed by atoms with van der Waals surface area (Å²) in [5.74, 6) is -1.67. The third kappa shape index (κ3) is 4.16. The molecule has 1 aliphatic rings. The summed E-state index contributed by atoms with van der Waals surface area (Å²) < 4.78 is 27.8. The van der Waals surface area contributed by atoms with Crippen LogP contribution in [0, 0.1) is 11.6 Å². The zero-order valence-electron chi connectivity index (χ0n) is 15.2. The first kappa shape index (κ1) is 19.4. The second kappa shape index (κ2) is 8.12. The van der Waals surface area contributed by atoms with Gasteiger partial charge in [-0.1, -0.05) is 12.1 Å². The third-order valence-corrected chi connectivity index (χ3v) is 4.84. The SMILES string of the molecule is CC(O)c1cc(C(=O)NC(C)c2c(F)cccc2F)ccc1C1CNNC1. The summed E-state index contributed by atoms with van der Waals surface area (Å²) in [7, 11) is 0. The number of aliphatic hydroxyl groups is 1. The fourth-order valence-electron chi connectivity index (χ4n) is 3.41. The number of hydrogen-bond acceptors (Lipinski definition) is 4. The lowest BCUT2D eigenvalue weighted by atomic mass is 9.90. The molecule has 0 spiro atoms. The van der Waals surface area contributed by atoms with E-state index in [1.54, 1.807) is 19.1 Å². The molecule has 1 fully saturated rings. The van der Waals surface area contributed by atoms with Crippen LogP contribution < -0.4 is 16.2 Å². The predicted molar refractivity (Wildman–Crippen MR) is 98.1 cm³/mol. The molecule has 1 amide bonds. The molecule has 144 valence electrons. The number of hydrazine groups is 1. The second-order valence-corrected chi connectivity index (χ2v) is 6.81. The highest BCUT2D eigenvalue weighted by atomic mass is 19.1. The fraction of sp³-hybridized carbons (Fsp3) is 0.350. The van der Waals surface area contributed by atoms with Gasteiger partial charge in [-0.25, -0.2) is 8.78 Å². The van der Waals surface area contributed by atoms with Gasteiger partial charge in [0.15, 0.2) is 0 Å². The highest BCUT2D eigenvalue weighted by molar-refractivity contribution is 5.94. The van der Waals surface area contributed by atoms with E-state index in [1.165, 1.54) is 13.0 Å². The average Bonchev–Trinajstić information content (AvgIpc) is 3.15. The number of amides is 1. The van der Waals surface area contributed by atoms with Crippen LogP contribution in [-0.4, -0.2) is 24.1 Å². The summed E-state index contributed by atoms with van der Waals surface area (Å²) in [6.07, 6.45) is -0.741. The van der Waals surface area contributed by atoms with Crippen molar-refractivity contribution in [3.8, 4) is 0 Å². The molecule has 2 aromatic carbocycles. The van der Waals surface area contributed by atoms with E-state index in [9.17, 15) is 18.7 Å². The Hall–Kier alpha value is -2.35. The monoisotopic (exact) mass is 375 g/mol. The Morgan fingerprint density at radius 2 is 1.78 bits per heavy atom. The van der Waals surface area contributed by atoms with Gasteiger partial charge in [0.25, 0.3) is 5.91 Å². The maximum atomic E-state index is 13.9. The van der Waals surface area contributed by atoms with Crippen molar-refractivity contribution in [1.82, 2.24) is 16.2 Å². The Labute approximate surface area is 156 Å². The minimum absolute atomic E-state index is 0.179. The molecule has 2 aromatic rings. The molecular formula is C20H23F2N3O2. The number of carbonyl (C=O) groups excluding carboxylic acids is 1. The van der Waals surface area contributed by atoms with Gasteiger partial charge in [-0.2, -0.15) is 0 Å². The van der Waals surface area contributed by atoms with Crippen LogP contribution in [-0.2, 0) is 0 Å². The van der Waals surface area contributed by atoms with Crippen LogP contribution in [0.25, 0.3) is 0 Å². The van der Waals surface area contributed by atoms with Crippen molar-refractivity contribution in [1.29, 1.82) is 0 Å². The van der Waals surface area contributed by atoms with Crippen molar-refractivity contribution >= 4 is 5.91 Å². The largest absolute Gasteiger partial charge is 0.389 e. The second-order valence-electron chi connectivity index (χ2n) is 6.81. The average molecular weight is 375 g/mol. The molecule has 4 N–H and O–H groups in total. The topological polar surface area (TPSA) is 73.4 Å². The van der Waals surface area contributed by atoms with Crippen LogP contribution in [0.15, 0.2) is 36.4 Å². The summed E-state index contributed by atoms with van der Waals surface area (Å²) >= 11 is 0. The molecule has 0 bridgehead atoms. The molecule has 0 aliphatic carbocycles. The van der Waals surface area contributed by atoms with E-state index in [4.69, 9.17) is 0 Å². The lowest BCUT2D eigenvalue weighted by Gasteiger charge is -2.19. The van der Waals surface area contributed by atoms with Gasteiger partial charge < -0.3 is 10.4 Å². The van der Waals surface area contributed by atoms with Crippen molar-refractivity contribution in [3.63, 3.8) is 0 Å². The molecule has 0 saturated carbocycles. The van der Waals surface area contributed by atoms with Gasteiger partial charge in [-0.3, -0.25) is 15.6 Å².